The van der Waals surface area contributed by atoms with E-state index in [0.29, 0.717) is 35.8 Å². The molecule has 104 valence electrons. The molecular formula is C15H12ClFO3. The van der Waals surface area contributed by atoms with Gasteiger partial charge in [0.05, 0.1) is 18.2 Å². The molecule has 0 bridgehead atoms. The van der Waals surface area contributed by atoms with Gasteiger partial charge in [-0.3, -0.25) is 0 Å². The Labute approximate surface area is 120 Å². The molecule has 0 saturated heterocycles. The predicted octanol–water partition coefficient (Wildman–Crippen LogP) is 4.01. The summed E-state index contributed by atoms with van der Waals surface area (Å²) in [7, 11) is 0. The van der Waals surface area contributed by atoms with Crippen LogP contribution in [0.4, 0.5) is 4.39 Å². The van der Waals surface area contributed by atoms with Gasteiger partial charge in [-0.05, 0) is 23.8 Å². The third-order valence-corrected chi connectivity index (χ3v) is 3.39. The predicted molar refractivity (Wildman–Crippen MR) is 74.1 cm³/mol. The Balaban J connectivity index is 2.07. The molecule has 20 heavy (non-hydrogen) atoms. The summed E-state index contributed by atoms with van der Waals surface area (Å²) in [6.07, 6.45) is 0.817. The molecule has 0 aliphatic carbocycles. The first kappa shape index (κ1) is 13.1. The van der Waals surface area contributed by atoms with Crippen LogP contribution in [0.15, 0.2) is 30.3 Å². The number of phenols is 1. The Morgan fingerprint density at radius 1 is 1.05 bits per heavy atom. The van der Waals surface area contributed by atoms with E-state index < -0.39 is 5.82 Å². The fraction of sp³-hybridized carbons (Fsp3) is 0.200. The second-order valence-electron chi connectivity index (χ2n) is 4.50. The topological polar surface area (TPSA) is 38.7 Å². The van der Waals surface area contributed by atoms with E-state index in [4.69, 9.17) is 21.1 Å². The van der Waals surface area contributed by atoms with Crippen molar-refractivity contribution in [3.63, 3.8) is 0 Å². The Morgan fingerprint density at radius 2 is 1.80 bits per heavy atom. The summed E-state index contributed by atoms with van der Waals surface area (Å²) < 4.78 is 24.4. The van der Waals surface area contributed by atoms with E-state index in [1.165, 1.54) is 6.07 Å². The molecule has 0 fully saturated rings. The number of rotatable bonds is 1. The summed E-state index contributed by atoms with van der Waals surface area (Å²) in [5.41, 5.74) is 1.14. The van der Waals surface area contributed by atoms with E-state index in [0.717, 1.165) is 12.5 Å². The number of halogens is 2. The number of phenolic OH excluding ortho intramolecular Hbond substituents is 1. The number of hydrogen-bond acceptors (Lipinski definition) is 3. The lowest BCUT2D eigenvalue weighted by Gasteiger charge is -2.11. The van der Waals surface area contributed by atoms with Crippen molar-refractivity contribution in [1.82, 2.24) is 0 Å². The van der Waals surface area contributed by atoms with Crippen LogP contribution in [0.3, 0.4) is 0 Å². The third-order valence-electron chi connectivity index (χ3n) is 3.10. The van der Waals surface area contributed by atoms with Crippen molar-refractivity contribution in [3.8, 4) is 28.4 Å². The molecular weight excluding hydrogens is 283 g/mol. The minimum Gasteiger partial charge on any atom is -0.507 e. The molecule has 0 radical (unpaired) electrons. The highest BCUT2D eigenvalue weighted by Gasteiger charge is 2.14. The molecule has 0 spiro atoms. The Bertz CT molecular complexity index is 658. The van der Waals surface area contributed by atoms with Crippen molar-refractivity contribution in [2.45, 2.75) is 6.42 Å². The van der Waals surface area contributed by atoms with Crippen LogP contribution in [-0.2, 0) is 0 Å². The molecule has 0 saturated carbocycles. The lowest BCUT2D eigenvalue weighted by atomic mass is 10.0. The summed E-state index contributed by atoms with van der Waals surface area (Å²) in [6, 6.07) is 7.69. The van der Waals surface area contributed by atoms with E-state index in [9.17, 15) is 9.50 Å². The zero-order valence-electron chi connectivity index (χ0n) is 10.5. The van der Waals surface area contributed by atoms with Crippen molar-refractivity contribution in [1.29, 1.82) is 0 Å². The van der Waals surface area contributed by atoms with Crippen LogP contribution in [0.5, 0.6) is 17.2 Å². The second kappa shape index (κ2) is 5.21. The van der Waals surface area contributed by atoms with Crippen molar-refractivity contribution in [3.05, 3.63) is 41.2 Å². The van der Waals surface area contributed by atoms with Gasteiger partial charge in [0.1, 0.15) is 11.6 Å². The van der Waals surface area contributed by atoms with Crippen LogP contribution < -0.4 is 9.47 Å². The Morgan fingerprint density at radius 3 is 2.60 bits per heavy atom. The molecule has 0 amide bonds. The molecule has 5 heteroatoms. The molecule has 2 aromatic rings. The molecule has 1 N–H and O–H groups in total. The van der Waals surface area contributed by atoms with Gasteiger partial charge in [0.15, 0.2) is 11.5 Å². The van der Waals surface area contributed by atoms with Crippen LogP contribution in [-0.4, -0.2) is 18.3 Å². The van der Waals surface area contributed by atoms with Crippen LogP contribution in [0.1, 0.15) is 6.42 Å². The van der Waals surface area contributed by atoms with E-state index in [-0.39, 0.29) is 10.8 Å². The van der Waals surface area contributed by atoms with Crippen molar-refractivity contribution in [2.24, 2.45) is 0 Å². The molecule has 2 aromatic carbocycles. The summed E-state index contributed by atoms with van der Waals surface area (Å²) in [5.74, 6) is 0.461. The van der Waals surface area contributed by atoms with Crippen molar-refractivity contribution in [2.75, 3.05) is 13.2 Å². The van der Waals surface area contributed by atoms with Crippen molar-refractivity contribution >= 4 is 11.6 Å². The van der Waals surface area contributed by atoms with E-state index in [1.54, 1.807) is 18.2 Å². The SMILES string of the molecule is Oc1cc(F)c(Cl)cc1-c1ccc2c(c1)OCCCO2. The number of ether oxygens (including phenoxy) is 2. The third kappa shape index (κ3) is 2.39. The largest absolute Gasteiger partial charge is 0.507 e. The summed E-state index contributed by atoms with van der Waals surface area (Å²) in [5, 5.41) is 9.82. The molecule has 0 aromatic heterocycles. The van der Waals surface area contributed by atoms with Gasteiger partial charge >= 0.3 is 0 Å². The highest BCUT2D eigenvalue weighted by atomic mass is 35.5. The molecule has 1 aliphatic rings. The van der Waals surface area contributed by atoms with E-state index >= 15 is 0 Å². The van der Waals surface area contributed by atoms with Crippen LogP contribution in [0.25, 0.3) is 11.1 Å². The Hall–Kier alpha value is -1.94. The smallest absolute Gasteiger partial charge is 0.161 e. The van der Waals surface area contributed by atoms with Gasteiger partial charge < -0.3 is 14.6 Å². The number of fused-ring (bicyclic) bond motifs is 1. The maximum atomic E-state index is 13.3. The van der Waals surface area contributed by atoms with Gasteiger partial charge in [0.25, 0.3) is 0 Å². The first-order chi connectivity index (χ1) is 9.65. The highest BCUT2D eigenvalue weighted by Crippen LogP contribution is 2.38. The van der Waals surface area contributed by atoms with Gasteiger partial charge in [-0.1, -0.05) is 17.7 Å². The van der Waals surface area contributed by atoms with Crippen LogP contribution in [0, 0.1) is 5.82 Å². The first-order valence-corrected chi connectivity index (χ1v) is 6.61. The summed E-state index contributed by atoms with van der Waals surface area (Å²) in [4.78, 5) is 0. The van der Waals surface area contributed by atoms with Gasteiger partial charge in [-0.2, -0.15) is 0 Å². The number of aromatic hydroxyl groups is 1. The Kier molecular flexibility index (Phi) is 3.40. The standard InChI is InChI=1S/C15H12ClFO3/c16-11-7-10(13(18)8-12(11)17)9-2-3-14-15(6-9)20-5-1-4-19-14/h2-3,6-8,18H,1,4-5H2. The molecule has 0 atom stereocenters. The molecule has 1 heterocycles. The first-order valence-electron chi connectivity index (χ1n) is 6.23. The lowest BCUT2D eigenvalue weighted by Crippen LogP contribution is -1.97. The lowest BCUT2D eigenvalue weighted by molar-refractivity contribution is 0.297. The number of benzene rings is 2. The molecule has 3 rings (SSSR count). The quantitative estimate of drug-likeness (QED) is 0.863. The minimum atomic E-state index is -0.651. The number of hydrogen-bond donors (Lipinski definition) is 1. The fourth-order valence-corrected chi connectivity index (χ4v) is 2.26. The summed E-state index contributed by atoms with van der Waals surface area (Å²) >= 11 is 5.76. The maximum absolute atomic E-state index is 13.3. The molecule has 1 aliphatic heterocycles. The van der Waals surface area contributed by atoms with E-state index in [1.807, 2.05) is 0 Å². The molecule has 3 nitrogen and oxygen atoms in total. The molecule has 0 unspecified atom stereocenters. The highest BCUT2D eigenvalue weighted by molar-refractivity contribution is 6.31. The van der Waals surface area contributed by atoms with E-state index in [2.05, 4.69) is 0 Å². The summed E-state index contributed by atoms with van der Waals surface area (Å²) in [6.45, 7) is 1.19. The van der Waals surface area contributed by atoms with Gasteiger partial charge in [-0.25, -0.2) is 4.39 Å². The van der Waals surface area contributed by atoms with Crippen LogP contribution in [0.2, 0.25) is 5.02 Å². The zero-order valence-corrected chi connectivity index (χ0v) is 11.3. The zero-order chi connectivity index (χ0) is 14.1. The van der Waals surface area contributed by atoms with Gasteiger partial charge in [-0.15, -0.1) is 0 Å². The average Bonchev–Trinajstić information content (AvgIpc) is 2.67. The average molecular weight is 295 g/mol. The van der Waals surface area contributed by atoms with Crippen molar-refractivity contribution < 1.29 is 19.0 Å². The monoisotopic (exact) mass is 294 g/mol. The fourth-order valence-electron chi connectivity index (χ4n) is 2.10. The van der Waals surface area contributed by atoms with Crippen LogP contribution >= 0.6 is 11.6 Å². The normalized spacial score (nSPS) is 13.9. The maximum Gasteiger partial charge on any atom is 0.161 e. The van der Waals surface area contributed by atoms with Gasteiger partial charge in [0.2, 0.25) is 0 Å². The van der Waals surface area contributed by atoms with Gasteiger partial charge in [0, 0.05) is 18.1 Å². The second-order valence-corrected chi connectivity index (χ2v) is 4.90. The minimum absolute atomic E-state index is 0.0371.